The molecule has 194 valence electrons. The van der Waals surface area contributed by atoms with Crippen molar-refractivity contribution in [2.75, 3.05) is 0 Å². The minimum absolute atomic E-state index is 1.36. The van der Waals surface area contributed by atoms with Crippen LogP contribution in [0.1, 0.15) is 11.1 Å². The first-order valence-electron chi connectivity index (χ1n) is 13.7. The molecule has 6 rings (SSSR count). The Hall–Kier alpha value is -3.56. The average Bonchev–Trinajstić information content (AvgIpc) is 3.01. The zero-order valence-electron chi connectivity index (χ0n) is 22.9. The second-order valence-corrected chi connectivity index (χ2v) is 19.1. The third kappa shape index (κ3) is 5.40. The Bertz CT molecular complexity index is 1490. The fraction of sp³-hybridized carbons (Fsp3) is 0.0526. The van der Waals surface area contributed by atoms with Gasteiger partial charge in [-0.2, -0.15) is 0 Å². The maximum absolute atomic E-state index is 2.42. The molecular formula is C38H32As2. The van der Waals surface area contributed by atoms with E-state index in [1.54, 1.807) is 0 Å². The van der Waals surface area contributed by atoms with Gasteiger partial charge < -0.3 is 0 Å². The Morgan fingerprint density at radius 2 is 0.575 bits per heavy atom. The van der Waals surface area contributed by atoms with Crippen LogP contribution in [0.3, 0.4) is 0 Å². The molecule has 0 N–H and O–H groups in total. The fourth-order valence-electron chi connectivity index (χ4n) is 5.49. The summed E-state index contributed by atoms with van der Waals surface area (Å²) in [6.45, 7) is 4.61. The zero-order chi connectivity index (χ0) is 27.3. The molecule has 0 aliphatic rings. The van der Waals surface area contributed by atoms with Gasteiger partial charge in [0.15, 0.2) is 0 Å². The van der Waals surface area contributed by atoms with Crippen LogP contribution in [0.4, 0.5) is 0 Å². The maximum atomic E-state index is 2.42. The van der Waals surface area contributed by atoms with E-state index in [9.17, 15) is 0 Å². The summed E-state index contributed by atoms with van der Waals surface area (Å²) in [5.41, 5.74) is 5.59. The van der Waals surface area contributed by atoms with Gasteiger partial charge in [0.25, 0.3) is 0 Å². The summed E-state index contributed by atoms with van der Waals surface area (Å²) in [6.07, 6.45) is 0. The molecule has 2 heteroatoms. The first-order valence-corrected chi connectivity index (χ1v) is 19.4. The predicted octanol–water partition coefficient (Wildman–Crippen LogP) is 5.00. The van der Waals surface area contributed by atoms with E-state index in [0.29, 0.717) is 0 Å². The SMILES string of the molecule is Cc1cccc([As](c2ccccc2)c2ccccc2)c1-c1c(C)cccc1[As](c1ccccc1)c1ccccc1. The van der Waals surface area contributed by atoms with Gasteiger partial charge in [-0.1, -0.05) is 0 Å². The topological polar surface area (TPSA) is 0 Å². The van der Waals surface area contributed by atoms with Gasteiger partial charge in [-0.05, 0) is 0 Å². The summed E-state index contributed by atoms with van der Waals surface area (Å²) in [4.78, 5) is 0. The van der Waals surface area contributed by atoms with Crippen LogP contribution in [-0.4, -0.2) is 29.3 Å². The molecule has 40 heavy (non-hydrogen) atoms. The summed E-state index contributed by atoms with van der Waals surface area (Å²) >= 11 is -3.69. The molecular weight excluding hydrogens is 606 g/mol. The average molecular weight is 639 g/mol. The molecule has 0 unspecified atom stereocenters. The molecule has 0 nitrogen and oxygen atoms in total. The number of hydrogen-bond donors (Lipinski definition) is 0. The molecule has 0 saturated carbocycles. The Kier molecular flexibility index (Phi) is 8.20. The molecule has 0 aliphatic carbocycles. The van der Waals surface area contributed by atoms with E-state index in [1.165, 1.54) is 48.4 Å². The summed E-state index contributed by atoms with van der Waals surface area (Å²) in [6, 6.07) is 58.8. The summed E-state index contributed by atoms with van der Waals surface area (Å²) < 4.78 is 8.87. The van der Waals surface area contributed by atoms with E-state index in [-0.39, 0.29) is 0 Å². The second-order valence-electron chi connectivity index (χ2n) is 9.95. The van der Waals surface area contributed by atoms with Gasteiger partial charge in [0.2, 0.25) is 0 Å². The van der Waals surface area contributed by atoms with Crippen molar-refractivity contribution in [3.05, 3.63) is 169 Å². The van der Waals surface area contributed by atoms with Crippen LogP contribution in [-0.2, 0) is 0 Å². The van der Waals surface area contributed by atoms with Crippen LogP contribution in [0.15, 0.2) is 158 Å². The van der Waals surface area contributed by atoms with E-state index in [4.69, 9.17) is 0 Å². The van der Waals surface area contributed by atoms with E-state index in [2.05, 4.69) is 172 Å². The van der Waals surface area contributed by atoms with E-state index in [1.807, 2.05) is 0 Å². The predicted molar refractivity (Wildman–Crippen MR) is 176 cm³/mol. The Morgan fingerprint density at radius 3 is 0.850 bits per heavy atom. The van der Waals surface area contributed by atoms with Crippen LogP contribution >= 0.6 is 0 Å². The van der Waals surface area contributed by atoms with E-state index in [0.717, 1.165) is 0 Å². The van der Waals surface area contributed by atoms with Gasteiger partial charge in [-0.25, -0.2) is 0 Å². The van der Waals surface area contributed by atoms with Crippen molar-refractivity contribution in [1.29, 1.82) is 0 Å². The second kappa shape index (κ2) is 12.3. The molecule has 0 spiro atoms. The Morgan fingerprint density at radius 1 is 0.300 bits per heavy atom. The molecule has 0 aliphatic heterocycles. The molecule has 0 atom stereocenters. The third-order valence-electron chi connectivity index (χ3n) is 7.29. The van der Waals surface area contributed by atoms with Crippen LogP contribution in [0, 0.1) is 13.8 Å². The van der Waals surface area contributed by atoms with Crippen molar-refractivity contribution in [1.82, 2.24) is 0 Å². The van der Waals surface area contributed by atoms with Gasteiger partial charge in [-0.3, -0.25) is 0 Å². The van der Waals surface area contributed by atoms with Crippen LogP contribution in [0.2, 0.25) is 0 Å². The molecule has 0 aromatic heterocycles. The molecule has 0 amide bonds. The third-order valence-corrected chi connectivity index (χ3v) is 17.7. The van der Waals surface area contributed by atoms with Gasteiger partial charge in [0, 0.05) is 0 Å². The van der Waals surface area contributed by atoms with Crippen molar-refractivity contribution in [2.45, 2.75) is 13.8 Å². The Balaban J connectivity index is 1.65. The molecule has 6 aromatic rings. The molecule has 0 radical (unpaired) electrons. The van der Waals surface area contributed by atoms with Crippen molar-refractivity contribution in [3.63, 3.8) is 0 Å². The van der Waals surface area contributed by atoms with Crippen molar-refractivity contribution in [2.24, 2.45) is 0 Å². The van der Waals surface area contributed by atoms with Crippen LogP contribution < -0.4 is 26.1 Å². The molecule has 0 heterocycles. The molecule has 0 bridgehead atoms. The summed E-state index contributed by atoms with van der Waals surface area (Å²) in [7, 11) is 0. The van der Waals surface area contributed by atoms with E-state index >= 15 is 0 Å². The number of hydrogen-bond acceptors (Lipinski definition) is 0. The molecule has 0 saturated heterocycles. The van der Waals surface area contributed by atoms with Gasteiger partial charge in [0.05, 0.1) is 0 Å². The van der Waals surface area contributed by atoms with Crippen molar-refractivity contribution in [3.8, 4) is 11.1 Å². The normalized spacial score (nSPS) is 11.2. The number of benzene rings is 6. The molecule has 6 aromatic carbocycles. The first kappa shape index (κ1) is 26.6. The van der Waals surface area contributed by atoms with E-state index < -0.39 is 29.3 Å². The molecule has 0 fully saturated rings. The van der Waals surface area contributed by atoms with Crippen LogP contribution in [0.25, 0.3) is 11.1 Å². The van der Waals surface area contributed by atoms with Crippen LogP contribution in [0.5, 0.6) is 0 Å². The van der Waals surface area contributed by atoms with Gasteiger partial charge in [0.1, 0.15) is 0 Å². The first-order chi connectivity index (χ1) is 19.7. The summed E-state index contributed by atoms with van der Waals surface area (Å²) in [5, 5.41) is 0. The minimum atomic E-state index is -1.84. The zero-order valence-corrected chi connectivity index (χ0v) is 26.7. The monoisotopic (exact) mass is 638 g/mol. The standard InChI is InChI=1S/C38H32As2/c1-29-17-15-27-35(39(31-19-7-3-8-20-31)32-21-9-4-10-22-32)37(29)38-30(2)18-16-28-36(38)40(33-23-11-5-12-24-33)34-25-13-6-14-26-34/h3-28H,1-2H3. The van der Waals surface area contributed by atoms with Crippen molar-refractivity contribution >= 4 is 55.4 Å². The number of aryl methyl sites for hydroxylation is 2. The van der Waals surface area contributed by atoms with Gasteiger partial charge in [-0.15, -0.1) is 0 Å². The Labute approximate surface area is 247 Å². The summed E-state index contributed by atoms with van der Waals surface area (Å²) in [5.74, 6) is 0. The van der Waals surface area contributed by atoms with Gasteiger partial charge >= 0.3 is 249 Å². The fourth-order valence-corrected chi connectivity index (χ4v) is 16.2. The quantitative estimate of drug-likeness (QED) is 0.216. The van der Waals surface area contributed by atoms with Crippen molar-refractivity contribution < 1.29 is 0 Å². The number of rotatable bonds is 7.